The Bertz CT molecular complexity index is 792. The van der Waals surface area contributed by atoms with Crippen molar-refractivity contribution in [2.24, 2.45) is 11.1 Å². The van der Waals surface area contributed by atoms with Gasteiger partial charge < -0.3 is 11.1 Å². The molecule has 0 saturated carbocycles. The maximum atomic E-state index is 12.8. The number of fused-ring (bicyclic) bond motifs is 1. The highest BCUT2D eigenvalue weighted by atomic mass is 79.9. The van der Waals surface area contributed by atoms with E-state index in [0.717, 1.165) is 34.8 Å². The fourth-order valence-electron chi connectivity index (χ4n) is 2.71. The Morgan fingerprint density at radius 3 is 2.60 bits per heavy atom. The lowest BCUT2D eigenvalue weighted by Crippen LogP contribution is -2.52. The first-order valence-corrected chi connectivity index (χ1v) is 9.20. The van der Waals surface area contributed by atoms with Gasteiger partial charge in [0.1, 0.15) is 6.04 Å². The zero-order chi connectivity index (χ0) is 18.8. The van der Waals surface area contributed by atoms with Gasteiger partial charge in [-0.05, 0) is 30.0 Å². The van der Waals surface area contributed by atoms with Crippen LogP contribution in [0.25, 0.3) is 10.9 Å². The van der Waals surface area contributed by atoms with Gasteiger partial charge in [-0.15, -0.1) is 0 Å². The minimum atomic E-state index is -0.775. The summed E-state index contributed by atoms with van der Waals surface area (Å²) in [6.45, 7) is 8.42. The van der Waals surface area contributed by atoms with Gasteiger partial charge in [0, 0.05) is 16.4 Å². The molecule has 0 saturated heterocycles. The van der Waals surface area contributed by atoms with Gasteiger partial charge >= 0.3 is 0 Å². The van der Waals surface area contributed by atoms with Crippen molar-refractivity contribution in [2.45, 2.75) is 53.1 Å². The molecule has 1 atom stereocenters. The van der Waals surface area contributed by atoms with Crippen LogP contribution in [0.2, 0.25) is 0 Å². The minimum absolute atomic E-state index is 0.308. The van der Waals surface area contributed by atoms with Crippen molar-refractivity contribution in [3.63, 3.8) is 0 Å². The zero-order valence-electron chi connectivity index (χ0n) is 15.1. The number of nitrogens with one attached hydrogen (secondary N) is 1. The molecule has 0 aliphatic heterocycles. The molecule has 7 heteroatoms. The van der Waals surface area contributed by atoms with Crippen LogP contribution in [0.1, 0.15) is 51.0 Å². The summed E-state index contributed by atoms with van der Waals surface area (Å²) in [6.07, 6.45) is 2.01. The smallest absolute Gasteiger partial charge is 0.273 e. The van der Waals surface area contributed by atoms with Crippen LogP contribution in [0.4, 0.5) is 0 Å². The average molecular weight is 409 g/mol. The Morgan fingerprint density at radius 1 is 1.36 bits per heavy atom. The number of aromatic nitrogens is 2. The molecule has 1 unspecified atom stereocenters. The molecule has 1 aromatic heterocycles. The molecule has 0 spiro atoms. The first-order valence-electron chi connectivity index (χ1n) is 8.41. The highest BCUT2D eigenvalue weighted by molar-refractivity contribution is 9.10. The Labute approximate surface area is 156 Å². The molecular formula is C18H25BrN4O2. The summed E-state index contributed by atoms with van der Waals surface area (Å²) >= 11 is 3.44. The van der Waals surface area contributed by atoms with Gasteiger partial charge in [-0.3, -0.25) is 14.3 Å². The molecular weight excluding hydrogens is 384 g/mol. The van der Waals surface area contributed by atoms with Crippen LogP contribution in [-0.2, 0) is 11.3 Å². The van der Waals surface area contributed by atoms with E-state index in [0.29, 0.717) is 5.69 Å². The van der Waals surface area contributed by atoms with Crippen LogP contribution in [0.5, 0.6) is 0 Å². The fraction of sp³-hybridized carbons (Fsp3) is 0.500. The van der Waals surface area contributed by atoms with Gasteiger partial charge in [-0.2, -0.15) is 5.10 Å². The quantitative estimate of drug-likeness (QED) is 0.768. The van der Waals surface area contributed by atoms with Gasteiger partial charge in [-0.1, -0.05) is 50.0 Å². The third kappa shape index (κ3) is 4.39. The third-order valence-corrected chi connectivity index (χ3v) is 4.57. The van der Waals surface area contributed by atoms with E-state index in [4.69, 9.17) is 5.73 Å². The summed E-state index contributed by atoms with van der Waals surface area (Å²) < 4.78 is 2.71. The molecule has 0 aliphatic carbocycles. The van der Waals surface area contributed by atoms with E-state index in [1.165, 1.54) is 0 Å². The summed E-state index contributed by atoms with van der Waals surface area (Å²) in [5.41, 5.74) is 6.19. The number of aryl methyl sites for hydroxylation is 1. The number of hydrogen-bond acceptors (Lipinski definition) is 3. The molecule has 0 fully saturated rings. The monoisotopic (exact) mass is 408 g/mol. The Morgan fingerprint density at radius 2 is 2.04 bits per heavy atom. The molecule has 2 rings (SSSR count). The molecule has 0 bridgehead atoms. The van der Waals surface area contributed by atoms with Crippen LogP contribution in [-0.4, -0.2) is 27.6 Å². The minimum Gasteiger partial charge on any atom is -0.368 e. The van der Waals surface area contributed by atoms with Crippen molar-refractivity contribution in [2.75, 3.05) is 0 Å². The number of rotatable bonds is 6. The number of unbranched alkanes of at least 4 members (excludes halogenated alkanes) is 1. The summed E-state index contributed by atoms with van der Waals surface area (Å²) in [4.78, 5) is 24.6. The molecule has 0 aliphatic rings. The van der Waals surface area contributed by atoms with E-state index in [9.17, 15) is 9.59 Å². The molecule has 6 nitrogen and oxygen atoms in total. The molecule has 3 N–H and O–H groups in total. The number of amides is 2. The Hall–Kier alpha value is -1.89. The zero-order valence-corrected chi connectivity index (χ0v) is 16.7. The second kappa shape index (κ2) is 7.56. The van der Waals surface area contributed by atoms with Crippen molar-refractivity contribution >= 4 is 38.6 Å². The summed E-state index contributed by atoms with van der Waals surface area (Å²) in [5, 5.41) is 7.99. The van der Waals surface area contributed by atoms with E-state index in [1.54, 1.807) is 0 Å². The maximum Gasteiger partial charge on any atom is 0.273 e. The van der Waals surface area contributed by atoms with Gasteiger partial charge in [0.25, 0.3) is 5.91 Å². The first kappa shape index (κ1) is 19.4. The van der Waals surface area contributed by atoms with Gasteiger partial charge in [0.05, 0.1) is 5.52 Å². The van der Waals surface area contributed by atoms with Crippen molar-refractivity contribution in [3.8, 4) is 0 Å². The molecule has 0 radical (unpaired) electrons. The van der Waals surface area contributed by atoms with E-state index < -0.39 is 23.3 Å². The molecule has 1 aromatic carbocycles. The maximum absolute atomic E-state index is 12.8. The number of carbonyl (C=O) groups is 2. The Kier molecular flexibility index (Phi) is 5.87. The second-order valence-electron chi connectivity index (χ2n) is 7.26. The largest absolute Gasteiger partial charge is 0.368 e. The SMILES string of the molecule is CCCCn1nc(C(=O)NC(C(N)=O)C(C)(C)C)c2cc(Br)ccc21. The summed E-state index contributed by atoms with van der Waals surface area (Å²) in [7, 11) is 0. The molecule has 25 heavy (non-hydrogen) atoms. The number of halogens is 1. The van der Waals surface area contributed by atoms with E-state index in [1.807, 2.05) is 43.7 Å². The predicted octanol–water partition coefficient (Wildman–Crippen LogP) is 3.23. The van der Waals surface area contributed by atoms with Crippen molar-refractivity contribution < 1.29 is 9.59 Å². The van der Waals surface area contributed by atoms with Gasteiger partial charge in [0.2, 0.25) is 5.91 Å². The van der Waals surface area contributed by atoms with Crippen LogP contribution in [0.3, 0.4) is 0 Å². The van der Waals surface area contributed by atoms with Gasteiger partial charge in [-0.25, -0.2) is 0 Å². The molecule has 2 amide bonds. The van der Waals surface area contributed by atoms with Crippen LogP contribution >= 0.6 is 15.9 Å². The highest BCUT2D eigenvalue weighted by Crippen LogP contribution is 2.25. The number of nitrogens with two attached hydrogens (primary N) is 1. The molecule has 2 aromatic rings. The van der Waals surface area contributed by atoms with E-state index >= 15 is 0 Å². The Balaban J connectivity index is 2.43. The number of hydrogen-bond donors (Lipinski definition) is 2. The topological polar surface area (TPSA) is 90.0 Å². The summed E-state index contributed by atoms with van der Waals surface area (Å²) in [5.74, 6) is -0.950. The van der Waals surface area contributed by atoms with Gasteiger partial charge in [0.15, 0.2) is 5.69 Å². The van der Waals surface area contributed by atoms with Crippen LogP contribution in [0, 0.1) is 5.41 Å². The standard InChI is InChI=1S/C18H25BrN4O2/c1-5-6-9-23-13-8-7-11(19)10-12(13)14(22-23)17(25)21-15(16(20)24)18(2,3)4/h7-8,10,15H,5-6,9H2,1-4H3,(H2,20,24)(H,21,25). The lowest BCUT2D eigenvalue weighted by molar-refractivity contribution is -0.122. The normalized spacial score (nSPS) is 13.0. The average Bonchev–Trinajstić information content (AvgIpc) is 2.86. The van der Waals surface area contributed by atoms with Crippen molar-refractivity contribution in [1.29, 1.82) is 0 Å². The number of benzene rings is 1. The van der Waals surface area contributed by atoms with Crippen molar-refractivity contribution in [1.82, 2.24) is 15.1 Å². The van der Waals surface area contributed by atoms with E-state index in [-0.39, 0.29) is 0 Å². The second-order valence-corrected chi connectivity index (χ2v) is 8.18. The van der Waals surface area contributed by atoms with Crippen molar-refractivity contribution in [3.05, 3.63) is 28.4 Å². The third-order valence-electron chi connectivity index (χ3n) is 4.08. The predicted molar refractivity (Wildman–Crippen MR) is 102 cm³/mol. The molecule has 1 heterocycles. The highest BCUT2D eigenvalue weighted by Gasteiger charge is 2.32. The number of primary amides is 1. The number of nitrogens with zero attached hydrogens (tertiary/aromatic N) is 2. The van der Waals surface area contributed by atoms with Crippen LogP contribution < -0.4 is 11.1 Å². The van der Waals surface area contributed by atoms with Crippen LogP contribution in [0.15, 0.2) is 22.7 Å². The number of carbonyl (C=O) groups excluding carboxylic acids is 2. The lowest BCUT2D eigenvalue weighted by Gasteiger charge is -2.28. The fourth-order valence-corrected chi connectivity index (χ4v) is 3.07. The van der Waals surface area contributed by atoms with E-state index in [2.05, 4.69) is 33.3 Å². The first-order chi connectivity index (χ1) is 11.6. The summed E-state index contributed by atoms with van der Waals surface area (Å²) in [6, 6.07) is 4.96. The lowest BCUT2D eigenvalue weighted by atomic mass is 9.86. The molecule has 136 valence electrons.